The Morgan fingerprint density at radius 3 is 2.62 bits per heavy atom. The monoisotopic (exact) mass is 231 g/mol. The molecule has 0 aliphatic heterocycles. The normalized spacial score (nSPS) is 12.6. The Balaban J connectivity index is 3.35. The van der Waals surface area contributed by atoms with E-state index in [9.17, 15) is 4.79 Å². The fourth-order valence-electron chi connectivity index (χ4n) is 1.77. The maximum Gasteiger partial charge on any atom is 0.303 e. The van der Waals surface area contributed by atoms with E-state index in [1.54, 1.807) is 0 Å². The van der Waals surface area contributed by atoms with Gasteiger partial charge >= 0.3 is 5.97 Å². The lowest BCUT2D eigenvalue weighted by Crippen LogP contribution is -2.24. The molecule has 96 valence electrons. The average molecular weight is 231 g/mol. The van der Waals surface area contributed by atoms with Gasteiger partial charge in [0.05, 0.1) is 0 Å². The minimum absolute atomic E-state index is 0.255. The quantitative estimate of drug-likeness (QED) is 0.473. The summed E-state index contributed by atoms with van der Waals surface area (Å²) in [5.41, 5.74) is 0. The van der Waals surface area contributed by atoms with Gasteiger partial charge in [0.15, 0.2) is 0 Å². The molecule has 4 nitrogen and oxygen atoms in total. The van der Waals surface area contributed by atoms with Crippen LogP contribution in [-0.4, -0.2) is 35.9 Å². The Morgan fingerprint density at radius 2 is 2.06 bits per heavy atom. The molecule has 0 spiro atoms. The molecule has 0 aliphatic carbocycles. The van der Waals surface area contributed by atoms with Crippen molar-refractivity contribution in [2.24, 2.45) is 5.92 Å². The maximum absolute atomic E-state index is 10.3. The van der Waals surface area contributed by atoms with E-state index in [0.29, 0.717) is 5.92 Å². The molecule has 0 aromatic rings. The van der Waals surface area contributed by atoms with E-state index in [1.165, 1.54) is 0 Å². The molecule has 4 heteroatoms. The van der Waals surface area contributed by atoms with Gasteiger partial charge in [-0.1, -0.05) is 13.3 Å². The number of carbonyl (C=O) groups is 1. The van der Waals surface area contributed by atoms with Gasteiger partial charge < -0.3 is 15.5 Å². The highest BCUT2D eigenvalue weighted by atomic mass is 16.4. The van der Waals surface area contributed by atoms with Crippen LogP contribution in [-0.2, 0) is 4.79 Å². The van der Waals surface area contributed by atoms with Gasteiger partial charge in [0, 0.05) is 13.0 Å². The molecule has 1 unspecified atom stereocenters. The Morgan fingerprint density at radius 1 is 1.31 bits per heavy atom. The average Bonchev–Trinajstić information content (AvgIpc) is 2.23. The Hall–Kier alpha value is -0.610. The number of hydrogen-bond acceptors (Lipinski definition) is 3. The second kappa shape index (κ2) is 10.9. The molecule has 0 saturated carbocycles. The molecule has 0 aliphatic rings. The van der Waals surface area contributed by atoms with Crippen molar-refractivity contribution >= 4 is 5.97 Å². The van der Waals surface area contributed by atoms with Crippen molar-refractivity contribution < 1.29 is 15.0 Å². The van der Waals surface area contributed by atoms with E-state index in [4.69, 9.17) is 10.2 Å². The molecule has 0 heterocycles. The maximum atomic E-state index is 10.3. The predicted molar refractivity (Wildman–Crippen MR) is 64.5 cm³/mol. The largest absolute Gasteiger partial charge is 0.481 e. The van der Waals surface area contributed by atoms with E-state index >= 15 is 0 Å². The summed E-state index contributed by atoms with van der Waals surface area (Å²) in [6, 6.07) is 0. The minimum atomic E-state index is -0.718. The highest BCUT2D eigenvalue weighted by molar-refractivity contribution is 5.66. The zero-order valence-electron chi connectivity index (χ0n) is 10.2. The van der Waals surface area contributed by atoms with Crippen molar-refractivity contribution in [2.75, 3.05) is 19.7 Å². The summed E-state index contributed by atoms with van der Waals surface area (Å²) in [5, 5.41) is 20.6. The summed E-state index contributed by atoms with van der Waals surface area (Å²) in [6.07, 6.45) is 5.05. The molecule has 16 heavy (non-hydrogen) atoms. The number of aliphatic hydroxyl groups excluding tert-OH is 1. The Bertz CT molecular complexity index is 168. The van der Waals surface area contributed by atoms with Gasteiger partial charge in [-0.15, -0.1) is 0 Å². The van der Waals surface area contributed by atoms with Crippen molar-refractivity contribution in [1.82, 2.24) is 5.32 Å². The highest BCUT2D eigenvalue weighted by Crippen LogP contribution is 2.09. The van der Waals surface area contributed by atoms with E-state index < -0.39 is 5.97 Å². The third kappa shape index (κ3) is 9.93. The van der Waals surface area contributed by atoms with Crippen molar-refractivity contribution in [3.8, 4) is 0 Å². The Kier molecular flexibility index (Phi) is 10.5. The standard InChI is InChI=1S/C12H25NO3/c1-2-5-11(7-9-14)10-13-8-4-3-6-12(15)16/h11,13-14H,2-10H2,1H3,(H,15,16). The number of aliphatic carboxylic acids is 1. The summed E-state index contributed by atoms with van der Waals surface area (Å²) < 4.78 is 0. The highest BCUT2D eigenvalue weighted by Gasteiger charge is 2.06. The van der Waals surface area contributed by atoms with Crippen LogP contribution in [0.3, 0.4) is 0 Å². The fraction of sp³-hybridized carbons (Fsp3) is 0.917. The molecular weight excluding hydrogens is 206 g/mol. The molecule has 0 fully saturated rings. The molecule has 0 aromatic carbocycles. The van der Waals surface area contributed by atoms with Gasteiger partial charge in [-0.25, -0.2) is 0 Å². The molecule has 0 aromatic heterocycles. The third-order valence-corrected chi connectivity index (χ3v) is 2.66. The molecule has 1 atom stereocenters. The van der Waals surface area contributed by atoms with E-state index in [-0.39, 0.29) is 13.0 Å². The number of aliphatic hydroxyl groups is 1. The first kappa shape index (κ1) is 15.4. The summed E-state index contributed by atoms with van der Waals surface area (Å²) in [6.45, 7) is 4.21. The second-order valence-electron chi connectivity index (χ2n) is 4.22. The topological polar surface area (TPSA) is 69.6 Å². The van der Waals surface area contributed by atoms with Crippen LogP contribution in [0.25, 0.3) is 0 Å². The van der Waals surface area contributed by atoms with Gasteiger partial charge in [-0.05, 0) is 44.7 Å². The lowest BCUT2D eigenvalue weighted by atomic mass is 10.0. The number of carboxylic acids is 1. The van der Waals surface area contributed by atoms with Crippen molar-refractivity contribution in [3.63, 3.8) is 0 Å². The van der Waals surface area contributed by atoms with E-state index in [2.05, 4.69) is 12.2 Å². The number of hydrogen-bond donors (Lipinski definition) is 3. The fourth-order valence-corrected chi connectivity index (χ4v) is 1.77. The molecule has 0 radical (unpaired) electrons. The SMILES string of the molecule is CCCC(CCO)CNCCCCC(=O)O. The zero-order chi connectivity index (χ0) is 12.2. The van der Waals surface area contributed by atoms with Crippen molar-refractivity contribution in [1.29, 1.82) is 0 Å². The number of nitrogens with one attached hydrogen (secondary N) is 1. The van der Waals surface area contributed by atoms with Crippen molar-refractivity contribution in [2.45, 2.75) is 45.4 Å². The smallest absolute Gasteiger partial charge is 0.303 e. The first-order chi connectivity index (χ1) is 7.70. The molecule has 0 saturated heterocycles. The van der Waals surface area contributed by atoms with Gasteiger partial charge in [0.2, 0.25) is 0 Å². The summed E-state index contributed by atoms with van der Waals surface area (Å²) in [7, 11) is 0. The molecule has 0 amide bonds. The van der Waals surface area contributed by atoms with Gasteiger partial charge in [-0.3, -0.25) is 4.79 Å². The third-order valence-electron chi connectivity index (χ3n) is 2.66. The van der Waals surface area contributed by atoms with Crippen molar-refractivity contribution in [3.05, 3.63) is 0 Å². The van der Waals surface area contributed by atoms with Crippen LogP contribution < -0.4 is 5.32 Å². The van der Waals surface area contributed by atoms with E-state index in [1.807, 2.05) is 0 Å². The van der Waals surface area contributed by atoms with E-state index in [0.717, 1.165) is 45.2 Å². The van der Waals surface area contributed by atoms with Crippen LogP contribution in [0, 0.1) is 5.92 Å². The van der Waals surface area contributed by atoms with Gasteiger partial charge in [0.25, 0.3) is 0 Å². The summed E-state index contributed by atoms with van der Waals surface area (Å²) in [5.74, 6) is -0.168. The molecular formula is C12H25NO3. The zero-order valence-corrected chi connectivity index (χ0v) is 10.2. The first-order valence-corrected chi connectivity index (χ1v) is 6.24. The van der Waals surface area contributed by atoms with Crippen LogP contribution in [0.5, 0.6) is 0 Å². The summed E-state index contributed by atoms with van der Waals surface area (Å²) in [4.78, 5) is 10.3. The van der Waals surface area contributed by atoms with Crippen LogP contribution in [0.15, 0.2) is 0 Å². The number of rotatable bonds is 11. The van der Waals surface area contributed by atoms with Gasteiger partial charge in [0.1, 0.15) is 0 Å². The lowest BCUT2D eigenvalue weighted by Gasteiger charge is -2.15. The molecule has 0 rings (SSSR count). The lowest BCUT2D eigenvalue weighted by molar-refractivity contribution is -0.137. The molecule has 3 N–H and O–H groups in total. The van der Waals surface area contributed by atoms with Gasteiger partial charge in [-0.2, -0.15) is 0 Å². The van der Waals surface area contributed by atoms with Crippen LogP contribution in [0.4, 0.5) is 0 Å². The molecule has 0 bridgehead atoms. The summed E-state index contributed by atoms with van der Waals surface area (Å²) >= 11 is 0. The number of carboxylic acid groups (broad SMARTS) is 1. The van der Waals surface area contributed by atoms with Crippen LogP contribution in [0.2, 0.25) is 0 Å². The first-order valence-electron chi connectivity index (χ1n) is 6.24. The van der Waals surface area contributed by atoms with Crippen LogP contribution >= 0.6 is 0 Å². The second-order valence-corrected chi connectivity index (χ2v) is 4.22. The minimum Gasteiger partial charge on any atom is -0.481 e. The predicted octanol–water partition coefficient (Wildman–Crippen LogP) is 1.63. The number of unbranched alkanes of at least 4 members (excludes halogenated alkanes) is 1. The van der Waals surface area contributed by atoms with Crippen LogP contribution in [0.1, 0.15) is 45.4 Å². The Labute approximate surface area is 98.1 Å².